The van der Waals surface area contributed by atoms with Crippen molar-refractivity contribution in [2.45, 2.75) is 6.92 Å². The molecule has 1 aromatic heterocycles. The molecule has 0 amide bonds. The first-order valence-electron chi connectivity index (χ1n) is 3.73. The molecule has 1 aromatic carbocycles. The molecule has 60 valence electrons. The zero-order chi connectivity index (χ0) is 8.72. The fourth-order valence-electron chi connectivity index (χ4n) is 1.26. The quantitative estimate of drug-likeness (QED) is 0.596. The number of fused-ring (bicyclic) bond motifs is 1. The fraction of sp³-hybridized carbons (Fsp3) is 0.125. The van der Waals surface area contributed by atoms with Crippen LogP contribution in [0.3, 0.4) is 0 Å². The predicted octanol–water partition coefficient (Wildman–Crippen LogP) is 0.569. The first kappa shape index (κ1) is 7.62. The average molecular weight is 177 g/mol. The zero-order valence-corrected chi connectivity index (χ0v) is 7.77. The number of aromatic hydroxyl groups is 1. The average Bonchev–Trinajstić information content (AvgIpc) is 2.29. The summed E-state index contributed by atoms with van der Waals surface area (Å²) in [6.45, 7) is 1.94. The Morgan fingerprint density at radius 2 is 2.25 bits per heavy atom. The Bertz CT molecular complexity index is 438. The number of aromatic nitrogens is 1. The van der Waals surface area contributed by atoms with Gasteiger partial charge in [-0.15, -0.1) is 11.3 Å². The van der Waals surface area contributed by atoms with E-state index in [1.165, 1.54) is 11.3 Å². The molecule has 0 aliphatic heterocycles. The molecule has 2 aromatic rings. The minimum absolute atomic E-state index is 0.343. The number of phenols is 1. The van der Waals surface area contributed by atoms with Gasteiger partial charge >= 0.3 is 0 Å². The van der Waals surface area contributed by atoms with E-state index in [1.807, 2.05) is 20.8 Å². The van der Waals surface area contributed by atoms with E-state index >= 15 is 0 Å². The van der Waals surface area contributed by atoms with E-state index in [1.54, 1.807) is 6.07 Å². The summed E-state index contributed by atoms with van der Waals surface area (Å²) in [5.74, 6) is 0.343. The lowest BCUT2D eigenvalue weighted by molar-refractivity contribution is 0.483. The van der Waals surface area contributed by atoms with E-state index in [0.29, 0.717) is 5.75 Å². The normalized spacial score (nSPS) is 10.8. The molecule has 12 heavy (non-hydrogen) atoms. The van der Waals surface area contributed by atoms with Gasteiger partial charge in [0, 0.05) is 0 Å². The zero-order valence-electron chi connectivity index (χ0n) is 6.96. The van der Waals surface area contributed by atoms with Crippen LogP contribution in [0.1, 0.15) is 5.01 Å². The molecule has 1 heterocycles. The van der Waals surface area contributed by atoms with Crippen LogP contribution in [0.2, 0.25) is 0 Å². The summed E-state index contributed by atoms with van der Waals surface area (Å²) in [7, 11) is 1.95. The highest BCUT2D eigenvalue weighted by molar-refractivity contribution is 7.18. The number of aryl methyl sites for hydroxylation is 1. The molecule has 0 bridgehead atoms. The second-order valence-electron chi connectivity index (χ2n) is 2.87. The van der Waals surface area contributed by atoms with E-state index in [9.17, 15) is 5.11 Å². The highest BCUT2D eigenvalue weighted by atomic mass is 32.1. The number of nitrogens with zero attached hydrogens (tertiary/aromatic N) is 1. The number of hydrogen-bond acceptors (Lipinski definition) is 3. The van der Waals surface area contributed by atoms with Crippen molar-refractivity contribution >= 4 is 34.9 Å². The van der Waals surface area contributed by atoms with Crippen LogP contribution < -0.4 is 5.46 Å². The van der Waals surface area contributed by atoms with Crippen LogP contribution >= 0.6 is 11.3 Å². The number of hydrogen-bond donors (Lipinski definition) is 1. The monoisotopic (exact) mass is 177 g/mol. The van der Waals surface area contributed by atoms with E-state index < -0.39 is 0 Å². The Morgan fingerprint density at radius 3 is 3.00 bits per heavy atom. The van der Waals surface area contributed by atoms with Crippen LogP contribution in [-0.2, 0) is 0 Å². The summed E-state index contributed by atoms with van der Waals surface area (Å²) in [4.78, 5) is 4.29. The largest absolute Gasteiger partial charge is 0.506 e. The predicted molar refractivity (Wildman–Crippen MR) is 54.2 cm³/mol. The SMILES string of the molecule is Bc1cc(O)c2sc(C)nc2c1. The minimum atomic E-state index is 0.343. The second kappa shape index (κ2) is 2.49. The first-order chi connectivity index (χ1) is 5.66. The third-order valence-corrected chi connectivity index (χ3v) is 2.73. The fourth-order valence-corrected chi connectivity index (χ4v) is 2.08. The molecular formula is C8H8BNOS. The second-order valence-corrected chi connectivity index (χ2v) is 4.07. The molecule has 4 heteroatoms. The number of phenolic OH excluding ortho intramolecular Hbond substituents is 1. The van der Waals surface area contributed by atoms with Crippen molar-refractivity contribution in [2.24, 2.45) is 0 Å². The maximum absolute atomic E-state index is 9.54. The van der Waals surface area contributed by atoms with E-state index in [4.69, 9.17) is 0 Å². The molecule has 0 aliphatic carbocycles. The van der Waals surface area contributed by atoms with Crippen LogP contribution in [-0.4, -0.2) is 17.9 Å². The molecule has 0 saturated carbocycles. The van der Waals surface area contributed by atoms with E-state index in [0.717, 1.165) is 20.7 Å². The van der Waals surface area contributed by atoms with Gasteiger partial charge in [0.15, 0.2) is 0 Å². The van der Waals surface area contributed by atoms with Gasteiger partial charge in [0.25, 0.3) is 0 Å². The summed E-state index contributed by atoms with van der Waals surface area (Å²) >= 11 is 1.53. The van der Waals surface area contributed by atoms with Gasteiger partial charge in [0.05, 0.1) is 15.2 Å². The van der Waals surface area contributed by atoms with Crippen LogP contribution in [0.25, 0.3) is 10.2 Å². The number of rotatable bonds is 0. The van der Waals surface area contributed by atoms with E-state index in [2.05, 4.69) is 4.98 Å². The van der Waals surface area contributed by atoms with Gasteiger partial charge in [0.2, 0.25) is 0 Å². The van der Waals surface area contributed by atoms with Crippen molar-refractivity contribution in [3.8, 4) is 5.75 Å². The smallest absolute Gasteiger partial charge is 0.139 e. The highest BCUT2D eigenvalue weighted by Crippen LogP contribution is 2.28. The van der Waals surface area contributed by atoms with Crippen molar-refractivity contribution in [3.05, 3.63) is 17.1 Å². The lowest BCUT2D eigenvalue weighted by atomic mass is 9.96. The van der Waals surface area contributed by atoms with Crippen molar-refractivity contribution in [2.75, 3.05) is 0 Å². The Balaban J connectivity index is 2.88. The van der Waals surface area contributed by atoms with Crippen molar-refractivity contribution in [1.29, 1.82) is 0 Å². The van der Waals surface area contributed by atoms with Crippen LogP contribution in [0.5, 0.6) is 5.75 Å². The third-order valence-electron chi connectivity index (χ3n) is 1.72. The Kier molecular flexibility index (Phi) is 1.58. The molecule has 0 aliphatic rings. The molecular weight excluding hydrogens is 169 g/mol. The van der Waals surface area contributed by atoms with Gasteiger partial charge in [-0.3, -0.25) is 0 Å². The number of benzene rings is 1. The van der Waals surface area contributed by atoms with Gasteiger partial charge in [-0.2, -0.15) is 0 Å². The maximum atomic E-state index is 9.54. The Morgan fingerprint density at radius 1 is 1.50 bits per heavy atom. The van der Waals surface area contributed by atoms with E-state index in [-0.39, 0.29) is 0 Å². The lowest BCUT2D eigenvalue weighted by Gasteiger charge is -1.94. The topological polar surface area (TPSA) is 33.1 Å². The maximum Gasteiger partial charge on any atom is 0.139 e. The molecule has 0 unspecified atom stereocenters. The van der Waals surface area contributed by atoms with Crippen molar-refractivity contribution < 1.29 is 5.11 Å². The summed E-state index contributed by atoms with van der Waals surface area (Å²) < 4.78 is 0.887. The summed E-state index contributed by atoms with van der Waals surface area (Å²) in [6.07, 6.45) is 0. The molecule has 0 atom stereocenters. The molecule has 0 radical (unpaired) electrons. The van der Waals surface area contributed by atoms with Crippen LogP contribution in [0, 0.1) is 6.92 Å². The molecule has 0 spiro atoms. The molecule has 0 saturated heterocycles. The van der Waals surface area contributed by atoms with Crippen molar-refractivity contribution in [1.82, 2.24) is 4.98 Å². The number of thiazole rings is 1. The van der Waals surface area contributed by atoms with Gasteiger partial charge in [0.1, 0.15) is 13.6 Å². The summed E-state index contributed by atoms with van der Waals surface area (Å²) in [5.41, 5.74) is 1.94. The first-order valence-corrected chi connectivity index (χ1v) is 4.55. The summed E-state index contributed by atoms with van der Waals surface area (Å²) in [5, 5.41) is 10.5. The minimum Gasteiger partial charge on any atom is -0.506 e. The van der Waals surface area contributed by atoms with Gasteiger partial charge < -0.3 is 5.11 Å². The highest BCUT2D eigenvalue weighted by Gasteiger charge is 2.04. The Labute approximate surface area is 75.3 Å². The molecule has 1 N–H and O–H groups in total. The standard InChI is InChI=1S/C8H8BNOS/c1-4-10-6-2-5(9)3-7(11)8(6)12-4/h2-3,11H,9H2,1H3. The van der Waals surface area contributed by atoms with Crippen molar-refractivity contribution in [3.63, 3.8) is 0 Å². The van der Waals surface area contributed by atoms with Gasteiger partial charge in [-0.1, -0.05) is 5.46 Å². The van der Waals surface area contributed by atoms with Gasteiger partial charge in [-0.05, 0) is 19.1 Å². The molecule has 0 fully saturated rings. The Hall–Kier alpha value is -1.03. The van der Waals surface area contributed by atoms with Crippen LogP contribution in [0.4, 0.5) is 0 Å². The molecule has 2 rings (SSSR count). The van der Waals surface area contributed by atoms with Crippen LogP contribution in [0.15, 0.2) is 12.1 Å². The lowest BCUT2D eigenvalue weighted by Crippen LogP contribution is -1.99. The molecule has 2 nitrogen and oxygen atoms in total. The van der Waals surface area contributed by atoms with Gasteiger partial charge in [-0.25, -0.2) is 4.98 Å². The third kappa shape index (κ3) is 1.08. The summed E-state index contributed by atoms with van der Waals surface area (Å²) in [6, 6.07) is 3.75.